The van der Waals surface area contributed by atoms with Crippen LogP contribution in [-0.4, -0.2) is 20.4 Å². The number of nitrogens with one attached hydrogen (secondary N) is 2. The van der Waals surface area contributed by atoms with Crippen molar-refractivity contribution in [1.29, 1.82) is 0 Å². The highest BCUT2D eigenvalue weighted by atomic mass is 32.2. The van der Waals surface area contributed by atoms with E-state index in [4.69, 9.17) is 4.74 Å². The minimum Gasteiger partial charge on any atom is -0.481 e. The summed E-state index contributed by atoms with van der Waals surface area (Å²) < 4.78 is 34.3. The van der Waals surface area contributed by atoms with Crippen LogP contribution in [0.2, 0.25) is 0 Å². The standard InChI is InChI=1S/C27H26N2O4S/c1-18-8-6-13-26(19(18)2)33-20(3)27(30)28-22-14-16-23(17-15-22)34(31,32)29-25-12-7-10-21-9-4-5-11-24(21)25/h4-17,20,29H,1-3H3,(H,28,30)/t20-/m0/s1. The van der Waals surface area contributed by atoms with Crippen molar-refractivity contribution >= 4 is 38.1 Å². The number of hydrogen-bond donors (Lipinski definition) is 2. The molecule has 34 heavy (non-hydrogen) atoms. The topological polar surface area (TPSA) is 84.5 Å². The Hall–Kier alpha value is -3.84. The predicted molar refractivity (Wildman–Crippen MR) is 136 cm³/mol. The lowest BCUT2D eigenvalue weighted by Crippen LogP contribution is -2.30. The maximum absolute atomic E-state index is 12.9. The molecule has 0 unspecified atom stereocenters. The van der Waals surface area contributed by atoms with Gasteiger partial charge in [0.1, 0.15) is 5.75 Å². The number of hydrogen-bond acceptors (Lipinski definition) is 4. The Morgan fingerprint density at radius 2 is 1.53 bits per heavy atom. The lowest BCUT2D eigenvalue weighted by atomic mass is 10.1. The number of benzene rings is 4. The van der Waals surface area contributed by atoms with Gasteiger partial charge in [0.15, 0.2) is 6.10 Å². The first-order valence-electron chi connectivity index (χ1n) is 10.9. The minimum atomic E-state index is -3.80. The first-order chi connectivity index (χ1) is 16.2. The predicted octanol–water partition coefficient (Wildman–Crippen LogP) is 5.66. The molecule has 0 aliphatic heterocycles. The van der Waals surface area contributed by atoms with E-state index in [0.717, 1.165) is 21.9 Å². The SMILES string of the molecule is Cc1cccc(O[C@@H](C)C(=O)Nc2ccc(S(=O)(=O)Nc3cccc4ccccc34)cc2)c1C. The molecule has 0 bridgehead atoms. The summed E-state index contributed by atoms with van der Waals surface area (Å²) in [5.41, 5.74) is 3.05. The molecule has 0 saturated carbocycles. The van der Waals surface area contributed by atoms with Crippen LogP contribution in [0.5, 0.6) is 5.75 Å². The largest absolute Gasteiger partial charge is 0.481 e. The van der Waals surface area contributed by atoms with Crippen molar-refractivity contribution in [2.75, 3.05) is 10.0 Å². The Bertz CT molecular complexity index is 1440. The second-order valence-corrected chi connectivity index (χ2v) is 9.79. The Balaban J connectivity index is 1.45. The summed E-state index contributed by atoms with van der Waals surface area (Å²) in [6, 6.07) is 24.7. The quantitative estimate of drug-likeness (QED) is 0.362. The monoisotopic (exact) mass is 474 g/mol. The van der Waals surface area contributed by atoms with Gasteiger partial charge in [0, 0.05) is 11.1 Å². The molecule has 1 amide bonds. The van der Waals surface area contributed by atoms with Crippen molar-refractivity contribution in [2.45, 2.75) is 31.8 Å². The summed E-state index contributed by atoms with van der Waals surface area (Å²) in [5.74, 6) is 0.328. The summed E-state index contributed by atoms with van der Waals surface area (Å²) in [4.78, 5) is 12.7. The molecule has 0 saturated heterocycles. The fourth-order valence-corrected chi connectivity index (χ4v) is 4.65. The normalized spacial score (nSPS) is 12.2. The van der Waals surface area contributed by atoms with Gasteiger partial charge in [-0.2, -0.15) is 0 Å². The average Bonchev–Trinajstić information content (AvgIpc) is 2.82. The van der Waals surface area contributed by atoms with Crippen LogP contribution in [0, 0.1) is 13.8 Å². The zero-order chi connectivity index (χ0) is 24.3. The maximum Gasteiger partial charge on any atom is 0.265 e. The highest BCUT2D eigenvalue weighted by Gasteiger charge is 2.18. The van der Waals surface area contributed by atoms with Gasteiger partial charge in [-0.3, -0.25) is 9.52 Å². The molecule has 1 atom stereocenters. The molecular formula is C27H26N2O4S. The number of aryl methyl sites for hydroxylation is 1. The number of rotatable bonds is 7. The number of carbonyl (C=O) groups is 1. The number of fused-ring (bicyclic) bond motifs is 1. The maximum atomic E-state index is 12.9. The van der Waals surface area contributed by atoms with Crippen LogP contribution in [0.3, 0.4) is 0 Å². The number of amides is 1. The molecule has 0 heterocycles. The zero-order valence-electron chi connectivity index (χ0n) is 19.2. The molecule has 0 spiro atoms. The molecule has 6 nitrogen and oxygen atoms in total. The van der Waals surface area contributed by atoms with E-state index in [1.54, 1.807) is 31.2 Å². The second kappa shape index (κ2) is 9.57. The smallest absolute Gasteiger partial charge is 0.265 e. The first-order valence-corrected chi connectivity index (χ1v) is 12.4. The highest BCUT2D eigenvalue weighted by molar-refractivity contribution is 7.92. The van der Waals surface area contributed by atoms with Crippen molar-refractivity contribution in [3.8, 4) is 5.75 Å². The lowest BCUT2D eigenvalue weighted by molar-refractivity contribution is -0.122. The van der Waals surface area contributed by atoms with Crippen LogP contribution in [0.1, 0.15) is 18.1 Å². The molecular weight excluding hydrogens is 448 g/mol. The van der Waals surface area contributed by atoms with E-state index in [9.17, 15) is 13.2 Å². The van der Waals surface area contributed by atoms with E-state index < -0.39 is 16.1 Å². The fraction of sp³-hybridized carbons (Fsp3) is 0.148. The van der Waals surface area contributed by atoms with Gasteiger partial charge in [0.25, 0.3) is 15.9 Å². The van der Waals surface area contributed by atoms with Crippen molar-refractivity contribution in [3.63, 3.8) is 0 Å². The molecule has 4 rings (SSSR count). The molecule has 0 aliphatic carbocycles. The minimum absolute atomic E-state index is 0.0955. The summed E-state index contributed by atoms with van der Waals surface area (Å²) in [7, 11) is -3.80. The van der Waals surface area contributed by atoms with E-state index in [2.05, 4.69) is 10.0 Å². The first kappa shape index (κ1) is 23.3. The summed E-state index contributed by atoms with van der Waals surface area (Å²) in [6.45, 7) is 5.60. The molecule has 0 radical (unpaired) electrons. The van der Waals surface area contributed by atoms with Crippen LogP contribution in [-0.2, 0) is 14.8 Å². The van der Waals surface area contributed by atoms with Gasteiger partial charge >= 0.3 is 0 Å². The molecule has 0 aliphatic rings. The Morgan fingerprint density at radius 1 is 0.853 bits per heavy atom. The molecule has 0 fully saturated rings. The van der Waals surface area contributed by atoms with E-state index in [-0.39, 0.29) is 10.8 Å². The third kappa shape index (κ3) is 5.05. The van der Waals surface area contributed by atoms with Gasteiger partial charge < -0.3 is 10.1 Å². The van der Waals surface area contributed by atoms with Gasteiger partial charge in [-0.05, 0) is 73.7 Å². The Labute approximate surface area is 199 Å². The lowest BCUT2D eigenvalue weighted by Gasteiger charge is -2.17. The highest BCUT2D eigenvalue weighted by Crippen LogP contribution is 2.26. The van der Waals surface area contributed by atoms with E-state index in [0.29, 0.717) is 17.1 Å². The van der Waals surface area contributed by atoms with Crippen molar-refractivity contribution < 1.29 is 17.9 Å². The van der Waals surface area contributed by atoms with Crippen LogP contribution in [0.25, 0.3) is 10.8 Å². The van der Waals surface area contributed by atoms with Gasteiger partial charge in [-0.1, -0.05) is 48.5 Å². The van der Waals surface area contributed by atoms with Crippen LogP contribution in [0.15, 0.2) is 89.8 Å². The number of carbonyl (C=O) groups excluding carboxylic acids is 1. The molecule has 0 aromatic heterocycles. The third-order valence-corrected chi connectivity index (χ3v) is 7.08. The van der Waals surface area contributed by atoms with Crippen LogP contribution < -0.4 is 14.8 Å². The van der Waals surface area contributed by atoms with Crippen molar-refractivity contribution in [1.82, 2.24) is 0 Å². The van der Waals surface area contributed by atoms with Crippen molar-refractivity contribution in [2.24, 2.45) is 0 Å². The molecule has 2 N–H and O–H groups in total. The average molecular weight is 475 g/mol. The van der Waals surface area contributed by atoms with Crippen LogP contribution >= 0.6 is 0 Å². The number of sulfonamides is 1. The summed E-state index contributed by atoms with van der Waals surface area (Å²) >= 11 is 0. The number of ether oxygens (including phenoxy) is 1. The zero-order valence-corrected chi connectivity index (χ0v) is 20.0. The Kier molecular flexibility index (Phi) is 6.56. The number of anilines is 2. The second-order valence-electron chi connectivity index (χ2n) is 8.10. The van der Waals surface area contributed by atoms with Gasteiger partial charge in [-0.15, -0.1) is 0 Å². The Morgan fingerprint density at radius 3 is 2.29 bits per heavy atom. The van der Waals surface area contributed by atoms with Gasteiger partial charge in [-0.25, -0.2) is 8.42 Å². The molecule has 174 valence electrons. The van der Waals surface area contributed by atoms with Crippen LogP contribution in [0.4, 0.5) is 11.4 Å². The fourth-order valence-electron chi connectivity index (χ4n) is 3.58. The van der Waals surface area contributed by atoms with E-state index >= 15 is 0 Å². The summed E-state index contributed by atoms with van der Waals surface area (Å²) in [6.07, 6.45) is -0.725. The third-order valence-electron chi connectivity index (χ3n) is 5.69. The van der Waals surface area contributed by atoms with Gasteiger partial charge in [0.2, 0.25) is 0 Å². The van der Waals surface area contributed by atoms with Crippen molar-refractivity contribution in [3.05, 3.63) is 96.1 Å². The molecule has 7 heteroatoms. The van der Waals surface area contributed by atoms with E-state index in [1.165, 1.54) is 12.1 Å². The molecule has 4 aromatic carbocycles. The molecule has 4 aromatic rings. The van der Waals surface area contributed by atoms with E-state index in [1.807, 2.05) is 62.4 Å². The summed E-state index contributed by atoms with van der Waals surface area (Å²) in [5, 5.41) is 4.53. The van der Waals surface area contributed by atoms with Gasteiger partial charge in [0.05, 0.1) is 10.6 Å².